The Kier molecular flexibility index (Phi) is 12.0. The molecule has 0 heterocycles. The van der Waals surface area contributed by atoms with Gasteiger partial charge in [0, 0.05) is 24.5 Å². The zero-order valence-electron chi connectivity index (χ0n) is 26.9. The molecule has 0 saturated heterocycles. The number of nitrogens with one attached hydrogen (secondary N) is 1. The van der Waals surface area contributed by atoms with Gasteiger partial charge in [-0.25, -0.2) is 8.42 Å². The number of halogens is 1. The topological polar surface area (TPSA) is 86.8 Å². The van der Waals surface area contributed by atoms with E-state index in [-0.39, 0.29) is 23.8 Å². The highest BCUT2D eigenvalue weighted by atomic mass is 35.5. The first-order valence-corrected chi connectivity index (χ1v) is 17.3. The monoisotopic (exact) mass is 659 g/mol. The Balaban J connectivity index is 1.81. The molecule has 0 radical (unpaired) electrons. The predicted molar refractivity (Wildman–Crippen MR) is 185 cm³/mol. The maximum absolute atomic E-state index is 14.6. The lowest BCUT2D eigenvalue weighted by Gasteiger charge is -2.34. The van der Waals surface area contributed by atoms with E-state index in [1.165, 1.54) is 17.0 Å². The van der Waals surface area contributed by atoms with Crippen LogP contribution in [0.25, 0.3) is 0 Å². The number of hydrogen-bond acceptors (Lipinski definition) is 4. The number of rotatable bonds is 14. The van der Waals surface area contributed by atoms with E-state index in [0.717, 1.165) is 39.4 Å². The van der Waals surface area contributed by atoms with Crippen molar-refractivity contribution in [2.45, 2.75) is 64.4 Å². The van der Waals surface area contributed by atoms with Crippen molar-refractivity contribution >= 4 is 39.1 Å². The Morgan fingerprint density at radius 1 is 0.826 bits per heavy atom. The maximum atomic E-state index is 14.6. The molecule has 242 valence electrons. The number of carbonyl (C=O) groups is 2. The molecule has 46 heavy (non-hydrogen) atoms. The summed E-state index contributed by atoms with van der Waals surface area (Å²) in [6.45, 7) is 7.74. The number of aryl methyl sites for hydroxylation is 3. The number of carbonyl (C=O) groups excluding carboxylic acids is 2. The fourth-order valence-corrected chi connectivity index (χ4v) is 6.91. The second kappa shape index (κ2) is 15.9. The van der Waals surface area contributed by atoms with Crippen molar-refractivity contribution in [3.8, 4) is 0 Å². The zero-order chi connectivity index (χ0) is 33.3. The standard InChI is InChI=1S/C37H42ClN3O4S/c1-5-6-22-39-37(43)35(24-30-10-8-7-9-11-30)40(25-31-16-12-27(2)13-17-31)36(42)26-41(34-21-18-32(38)23-29(34)4)46(44,45)33-19-14-28(3)15-20-33/h7-21,23,35H,5-6,22,24-26H2,1-4H3,(H,39,43)/t35-/m1/s1. The highest BCUT2D eigenvalue weighted by Gasteiger charge is 2.35. The lowest BCUT2D eigenvalue weighted by atomic mass is 10.0. The molecule has 0 unspecified atom stereocenters. The second-order valence-electron chi connectivity index (χ2n) is 11.6. The summed E-state index contributed by atoms with van der Waals surface area (Å²) in [4.78, 5) is 30.0. The molecule has 7 nitrogen and oxygen atoms in total. The first-order chi connectivity index (χ1) is 22.0. The molecule has 9 heteroatoms. The molecule has 4 aromatic carbocycles. The lowest BCUT2D eigenvalue weighted by Crippen LogP contribution is -2.53. The van der Waals surface area contributed by atoms with Crippen molar-refractivity contribution < 1.29 is 18.0 Å². The van der Waals surface area contributed by atoms with Crippen molar-refractivity contribution in [2.75, 3.05) is 17.4 Å². The molecular formula is C37H42ClN3O4S. The van der Waals surface area contributed by atoms with Crippen molar-refractivity contribution in [1.82, 2.24) is 10.2 Å². The molecule has 0 aliphatic carbocycles. The lowest BCUT2D eigenvalue weighted by molar-refractivity contribution is -0.140. The van der Waals surface area contributed by atoms with Crippen molar-refractivity contribution in [2.24, 2.45) is 0 Å². The number of amides is 2. The van der Waals surface area contributed by atoms with Crippen LogP contribution in [0.3, 0.4) is 0 Å². The van der Waals surface area contributed by atoms with Crippen LogP contribution in [0, 0.1) is 20.8 Å². The molecule has 0 aliphatic rings. The van der Waals surface area contributed by atoms with Gasteiger partial charge in [-0.15, -0.1) is 0 Å². The second-order valence-corrected chi connectivity index (χ2v) is 13.9. The molecule has 0 aliphatic heterocycles. The van der Waals surface area contributed by atoms with Crippen LogP contribution in [0.4, 0.5) is 5.69 Å². The van der Waals surface area contributed by atoms with Crippen LogP contribution in [0.5, 0.6) is 0 Å². The summed E-state index contributed by atoms with van der Waals surface area (Å²) in [6, 6.07) is 27.8. The van der Waals surface area contributed by atoms with Crippen LogP contribution in [0.15, 0.2) is 102 Å². The minimum absolute atomic E-state index is 0.0588. The Bertz CT molecular complexity index is 1730. The van der Waals surface area contributed by atoms with Gasteiger partial charge in [-0.1, -0.05) is 103 Å². The number of unbranched alkanes of at least 4 members (excludes halogenated alkanes) is 1. The molecular weight excluding hydrogens is 618 g/mol. The van der Waals surface area contributed by atoms with E-state index in [2.05, 4.69) is 5.32 Å². The third-order valence-electron chi connectivity index (χ3n) is 7.89. The smallest absolute Gasteiger partial charge is 0.264 e. The minimum atomic E-state index is -4.19. The quantitative estimate of drug-likeness (QED) is 0.148. The van der Waals surface area contributed by atoms with E-state index in [1.54, 1.807) is 37.3 Å². The first-order valence-electron chi connectivity index (χ1n) is 15.5. The molecule has 0 spiro atoms. The molecule has 1 N–H and O–H groups in total. The summed E-state index contributed by atoms with van der Waals surface area (Å²) >= 11 is 6.25. The number of nitrogens with zero attached hydrogens (tertiary/aromatic N) is 2. The van der Waals surface area contributed by atoms with E-state index in [4.69, 9.17) is 11.6 Å². The van der Waals surface area contributed by atoms with Gasteiger partial charge in [-0.05, 0) is 74.2 Å². The highest BCUT2D eigenvalue weighted by molar-refractivity contribution is 7.92. The number of sulfonamides is 1. The summed E-state index contributed by atoms with van der Waals surface area (Å²) in [7, 11) is -4.19. The fourth-order valence-electron chi connectivity index (χ4n) is 5.20. The number of hydrogen-bond donors (Lipinski definition) is 1. The Labute approximate surface area is 278 Å². The molecule has 0 aromatic heterocycles. The number of anilines is 1. The summed E-state index contributed by atoms with van der Waals surface area (Å²) in [5, 5.41) is 3.47. The van der Waals surface area contributed by atoms with Gasteiger partial charge in [0.1, 0.15) is 12.6 Å². The van der Waals surface area contributed by atoms with Crippen molar-refractivity contribution in [3.05, 3.63) is 130 Å². The Morgan fingerprint density at radius 3 is 2.07 bits per heavy atom. The summed E-state index contributed by atoms with van der Waals surface area (Å²) in [5.41, 5.74) is 4.62. The molecule has 4 rings (SSSR count). The van der Waals surface area contributed by atoms with Gasteiger partial charge in [-0.2, -0.15) is 0 Å². The van der Waals surface area contributed by atoms with Crippen LogP contribution in [-0.2, 0) is 32.6 Å². The van der Waals surface area contributed by atoms with Crippen LogP contribution < -0.4 is 9.62 Å². The number of benzene rings is 4. The van der Waals surface area contributed by atoms with Gasteiger partial charge in [-0.3, -0.25) is 13.9 Å². The summed E-state index contributed by atoms with van der Waals surface area (Å²) in [5.74, 6) is -0.787. The minimum Gasteiger partial charge on any atom is -0.354 e. The third-order valence-corrected chi connectivity index (χ3v) is 9.90. The van der Waals surface area contributed by atoms with Gasteiger partial charge in [0.2, 0.25) is 11.8 Å². The normalized spacial score (nSPS) is 11.9. The third kappa shape index (κ3) is 8.98. The van der Waals surface area contributed by atoms with Gasteiger partial charge >= 0.3 is 0 Å². The van der Waals surface area contributed by atoms with Crippen LogP contribution in [-0.4, -0.2) is 44.3 Å². The zero-order valence-corrected chi connectivity index (χ0v) is 28.4. The van der Waals surface area contributed by atoms with Crippen LogP contribution >= 0.6 is 11.6 Å². The van der Waals surface area contributed by atoms with Crippen molar-refractivity contribution in [1.29, 1.82) is 0 Å². The fraction of sp³-hybridized carbons (Fsp3) is 0.297. The molecule has 2 amide bonds. The predicted octanol–water partition coefficient (Wildman–Crippen LogP) is 7.02. The SMILES string of the molecule is CCCCNC(=O)[C@@H](Cc1ccccc1)N(Cc1ccc(C)cc1)C(=O)CN(c1ccc(Cl)cc1C)S(=O)(=O)c1ccc(C)cc1. The highest BCUT2D eigenvalue weighted by Crippen LogP contribution is 2.30. The summed E-state index contributed by atoms with van der Waals surface area (Å²) in [6.07, 6.45) is 1.97. The largest absolute Gasteiger partial charge is 0.354 e. The van der Waals surface area contributed by atoms with Crippen molar-refractivity contribution in [3.63, 3.8) is 0 Å². The van der Waals surface area contributed by atoms with E-state index in [9.17, 15) is 18.0 Å². The van der Waals surface area contributed by atoms with Crippen LogP contribution in [0.2, 0.25) is 5.02 Å². The average molecular weight is 660 g/mol. The van der Waals surface area contributed by atoms with E-state index in [0.29, 0.717) is 22.8 Å². The van der Waals surface area contributed by atoms with Gasteiger partial charge in [0.25, 0.3) is 10.0 Å². The average Bonchev–Trinajstić information content (AvgIpc) is 3.03. The van der Waals surface area contributed by atoms with E-state index < -0.39 is 28.5 Å². The van der Waals surface area contributed by atoms with Crippen LogP contribution in [0.1, 0.15) is 47.6 Å². The molecule has 0 fully saturated rings. The van der Waals surface area contributed by atoms with E-state index in [1.807, 2.05) is 75.4 Å². The molecule has 1 atom stereocenters. The maximum Gasteiger partial charge on any atom is 0.264 e. The Hall–Kier alpha value is -4.14. The molecule has 0 bridgehead atoms. The van der Waals surface area contributed by atoms with Gasteiger partial charge < -0.3 is 10.2 Å². The molecule has 0 saturated carbocycles. The van der Waals surface area contributed by atoms with E-state index >= 15 is 0 Å². The Morgan fingerprint density at radius 2 is 1.46 bits per heavy atom. The summed E-state index contributed by atoms with van der Waals surface area (Å²) < 4.78 is 29.6. The first kappa shape index (κ1) is 34.7. The van der Waals surface area contributed by atoms with Gasteiger partial charge in [0.15, 0.2) is 0 Å². The van der Waals surface area contributed by atoms with Gasteiger partial charge in [0.05, 0.1) is 10.6 Å². The molecule has 4 aromatic rings.